The van der Waals surface area contributed by atoms with E-state index >= 15 is 0 Å². The summed E-state index contributed by atoms with van der Waals surface area (Å²) in [6, 6.07) is 17.2. The van der Waals surface area contributed by atoms with Gasteiger partial charge in [-0.25, -0.2) is 0 Å². The van der Waals surface area contributed by atoms with Gasteiger partial charge in [-0.05, 0) is 36.5 Å². The van der Waals surface area contributed by atoms with E-state index in [1.54, 1.807) is 0 Å². The third-order valence-corrected chi connectivity index (χ3v) is 3.56. The predicted octanol–water partition coefficient (Wildman–Crippen LogP) is 4.39. The molecule has 0 heterocycles. The van der Waals surface area contributed by atoms with E-state index in [9.17, 15) is 0 Å². The van der Waals surface area contributed by atoms with Gasteiger partial charge < -0.3 is 5.73 Å². The summed E-state index contributed by atoms with van der Waals surface area (Å²) >= 11 is 0. The van der Waals surface area contributed by atoms with Crippen molar-refractivity contribution in [1.29, 1.82) is 0 Å². The second-order valence-electron chi connectivity index (χ2n) is 5.24. The molecule has 1 unspecified atom stereocenters. The molecule has 2 aromatic rings. The number of aryl methyl sites for hydroxylation is 2. The van der Waals surface area contributed by atoms with Crippen LogP contribution in [0.15, 0.2) is 48.5 Å². The highest BCUT2D eigenvalue weighted by Gasteiger charge is 2.08. The van der Waals surface area contributed by atoms with Crippen molar-refractivity contribution in [3.05, 3.63) is 70.8 Å². The van der Waals surface area contributed by atoms with Gasteiger partial charge in [0.05, 0.1) is 6.04 Å². The molecule has 0 saturated carbocycles. The SMILES string of the molecule is CCCCc1ccc(C(N)c2cccc(C)c2)cc1. The minimum Gasteiger partial charge on any atom is -0.320 e. The molecule has 19 heavy (non-hydrogen) atoms. The van der Waals surface area contributed by atoms with Gasteiger partial charge in [-0.3, -0.25) is 0 Å². The largest absolute Gasteiger partial charge is 0.320 e. The summed E-state index contributed by atoms with van der Waals surface area (Å²) in [6.45, 7) is 4.33. The van der Waals surface area contributed by atoms with Crippen molar-refractivity contribution in [3.63, 3.8) is 0 Å². The maximum Gasteiger partial charge on any atom is 0.0551 e. The van der Waals surface area contributed by atoms with Crippen LogP contribution >= 0.6 is 0 Å². The number of unbranched alkanes of at least 4 members (excludes halogenated alkanes) is 1. The third kappa shape index (κ3) is 3.68. The Hall–Kier alpha value is -1.60. The molecular weight excluding hydrogens is 230 g/mol. The van der Waals surface area contributed by atoms with Crippen LogP contribution in [0.25, 0.3) is 0 Å². The van der Waals surface area contributed by atoms with Gasteiger partial charge in [0.25, 0.3) is 0 Å². The fraction of sp³-hybridized carbons (Fsp3) is 0.333. The van der Waals surface area contributed by atoms with Gasteiger partial charge in [-0.2, -0.15) is 0 Å². The zero-order chi connectivity index (χ0) is 13.7. The van der Waals surface area contributed by atoms with Crippen molar-refractivity contribution in [1.82, 2.24) is 0 Å². The first-order chi connectivity index (χ1) is 9.20. The molecule has 0 aliphatic carbocycles. The number of nitrogens with two attached hydrogens (primary N) is 1. The molecule has 1 heteroatoms. The predicted molar refractivity (Wildman–Crippen MR) is 82.3 cm³/mol. The molecule has 2 aromatic carbocycles. The summed E-state index contributed by atoms with van der Waals surface area (Å²) in [5.74, 6) is 0. The number of benzene rings is 2. The fourth-order valence-electron chi connectivity index (χ4n) is 2.33. The lowest BCUT2D eigenvalue weighted by atomic mass is 9.96. The summed E-state index contributed by atoms with van der Waals surface area (Å²) < 4.78 is 0. The van der Waals surface area contributed by atoms with Crippen molar-refractivity contribution < 1.29 is 0 Å². The normalized spacial score (nSPS) is 12.4. The molecule has 0 spiro atoms. The Labute approximate surface area is 116 Å². The molecule has 1 atom stereocenters. The second-order valence-corrected chi connectivity index (χ2v) is 5.24. The summed E-state index contributed by atoms with van der Waals surface area (Å²) in [7, 11) is 0. The molecule has 2 N–H and O–H groups in total. The van der Waals surface area contributed by atoms with E-state index in [4.69, 9.17) is 5.73 Å². The monoisotopic (exact) mass is 253 g/mol. The average molecular weight is 253 g/mol. The maximum atomic E-state index is 6.34. The van der Waals surface area contributed by atoms with Gasteiger partial charge in [-0.1, -0.05) is 67.4 Å². The van der Waals surface area contributed by atoms with Crippen LogP contribution in [0.2, 0.25) is 0 Å². The standard InChI is InChI=1S/C18H23N/c1-3-4-7-15-9-11-16(12-10-15)18(19)17-8-5-6-14(2)13-17/h5-6,8-13,18H,3-4,7,19H2,1-2H3. The van der Waals surface area contributed by atoms with Gasteiger partial charge >= 0.3 is 0 Å². The Morgan fingerprint density at radius 1 is 1.00 bits per heavy atom. The fourth-order valence-corrected chi connectivity index (χ4v) is 2.33. The van der Waals surface area contributed by atoms with Crippen LogP contribution < -0.4 is 5.73 Å². The molecular formula is C18H23N. The lowest BCUT2D eigenvalue weighted by molar-refractivity contribution is 0.793. The first-order valence-electron chi connectivity index (χ1n) is 7.11. The first kappa shape index (κ1) is 13.8. The quantitative estimate of drug-likeness (QED) is 0.840. The molecule has 0 radical (unpaired) electrons. The molecule has 0 aliphatic rings. The van der Waals surface area contributed by atoms with Gasteiger partial charge in [0.2, 0.25) is 0 Å². The summed E-state index contributed by atoms with van der Waals surface area (Å²) in [6.07, 6.45) is 3.66. The van der Waals surface area contributed by atoms with Crippen LogP contribution in [0, 0.1) is 6.92 Å². The maximum absolute atomic E-state index is 6.34. The highest BCUT2D eigenvalue weighted by atomic mass is 14.6. The average Bonchev–Trinajstić information content (AvgIpc) is 2.45. The Morgan fingerprint density at radius 2 is 1.74 bits per heavy atom. The molecule has 0 bridgehead atoms. The number of hydrogen-bond donors (Lipinski definition) is 1. The van der Waals surface area contributed by atoms with E-state index in [0.717, 1.165) is 6.42 Å². The minimum atomic E-state index is -0.0277. The van der Waals surface area contributed by atoms with Crippen molar-refractivity contribution >= 4 is 0 Å². The van der Waals surface area contributed by atoms with E-state index in [2.05, 4.69) is 62.4 Å². The molecule has 100 valence electrons. The lowest BCUT2D eigenvalue weighted by Gasteiger charge is -2.14. The Morgan fingerprint density at radius 3 is 2.37 bits per heavy atom. The Balaban J connectivity index is 2.13. The lowest BCUT2D eigenvalue weighted by Crippen LogP contribution is -2.11. The third-order valence-electron chi connectivity index (χ3n) is 3.56. The molecule has 0 amide bonds. The number of hydrogen-bond acceptors (Lipinski definition) is 1. The minimum absolute atomic E-state index is 0.0277. The van der Waals surface area contributed by atoms with E-state index in [1.807, 2.05) is 0 Å². The summed E-state index contributed by atoms with van der Waals surface area (Å²) in [4.78, 5) is 0. The van der Waals surface area contributed by atoms with Gasteiger partial charge in [0, 0.05) is 0 Å². The Bertz CT molecular complexity index is 513. The van der Waals surface area contributed by atoms with Crippen molar-refractivity contribution in [3.8, 4) is 0 Å². The summed E-state index contributed by atoms with van der Waals surface area (Å²) in [5.41, 5.74) is 11.4. The van der Waals surface area contributed by atoms with E-state index in [1.165, 1.54) is 35.1 Å². The first-order valence-corrected chi connectivity index (χ1v) is 7.11. The van der Waals surface area contributed by atoms with Crippen LogP contribution in [0.3, 0.4) is 0 Å². The van der Waals surface area contributed by atoms with Crippen LogP contribution in [-0.4, -0.2) is 0 Å². The molecule has 0 saturated heterocycles. The molecule has 0 aliphatic heterocycles. The molecule has 0 fully saturated rings. The van der Waals surface area contributed by atoms with Crippen molar-refractivity contribution in [2.75, 3.05) is 0 Å². The molecule has 0 aromatic heterocycles. The molecule has 1 nitrogen and oxygen atoms in total. The van der Waals surface area contributed by atoms with Gasteiger partial charge in [-0.15, -0.1) is 0 Å². The smallest absolute Gasteiger partial charge is 0.0551 e. The van der Waals surface area contributed by atoms with Gasteiger partial charge in [0.15, 0.2) is 0 Å². The molecule has 2 rings (SSSR count). The van der Waals surface area contributed by atoms with E-state index in [0.29, 0.717) is 0 Å². The van der Waals surface area contributed by atoms with Crippen LogP contribution in [0.4, 0.5) is 0 Å². The highest BCUT2D eigenvalue weighted by molar-refractivity contribution is 5.34. The highest BCUT2D eigenvalue weighted by Crippen LogP contribution is 2.21. The van der Waals surface area contributed by atoms with Gasteiger partial charge in [0.1, 0.15) is 0 Å². The van der Waals surface area contributed by atoms with Crippen molar-refractivity contribution in [2.24, 2.45) is 5.73 Å². The second kappa shape index (κ2) is 6.53. The van der Waals surface area contributed by atoms with Crippen LogP contribution in [0.5, 0.6) is 0 Å². The van der Waals surface area contributed by atoms with Crippen molar-refractivity contribution in [2.45, 2.75) is 39.2 Å². The van der Waals surface area contributed by atoms with E-state index in [-0.39, 0.29) is 6.04 Å². The van der Waals surface area contributed by atoms with Crippen LogP contribution in [-0.2, 0) is 6.42 Å². The topological polar surface area (TPSA) is 26.0 Å². The van der Waals surface area contributed by atoms with E-state index < -0.39 is 0 Å². The van der Waals surface area contributed by atoms with Crippen LogP contribution in [0.1, 0.15) is 48.1 Å². The summed E-state index contributed by atoms with van der Waals surface area (Å²) in [5, 5.41) is 0. The zero-order valence-electron chi connectivity index (χ0n) is 11.9. The zero-order valence-corrected chi connectivity index (χ0v) is 11.9. The Kier molecular flexibility index (Phi) is 4.75. The number of rotatable bonds is 5.